The standard InChI is InChI=1S/C10H11BrF2N2O/c11-7-4-6(12)5-8(13)10(7)15-9(16)2-1-3-14/h4-5H,1-3,14H2,(H,15,16). The van der Waals surface area contributed by atoms with Crippen molar-refractivity contribution in [1.82, 2.24) is 0 Å². The summed E-state index contributed by atoms with van der Waals surface area (Å²) in [5, 5.41) is 2.36. The molecule has 0 aliphatic heterocycles. The lowest BCUT2D eigenvalue weighted by molar-refractivity contribution is -0.116. The molecule has 3 N–H and O–H groups in total. The molecule has 0 unspecified atom stereocenters. The second-order valence-corrected chi connectivity index (χ2v) is 4.04. The lowest BCUT2D eigenvalue weighted by Gasteiger charge is -2.08. The molecule has 0 bridgehead atoms. The highest BCUT2D eigenvalue weighted by Crippen LogP contribution is 2.26. The van der Waals surface area contributed by atoms with Crippen molar-refractivity contribution in [3.8, 4) is 0 Å². The monoisotopic (exact) mass is 292 g/mol. The maximum atomic E-state index is 13.3. The second kappa shape index (κ2) is 5.91. The molecule has 0 aliphatic carbocycles. The van der Waals surface area contributed by atoms with Crippen LogP contribution in [0.25, 0.3) is 0 Å². The molecular formula is C10H11BrF2N2O. The number of halogens is 3. The average Bonchev–Trinajstić information content (AvgIpc) is 2.20. The molecule has 0 atom stereocenters. The summed E-state index contributed by atoms with van der Waals surface area (Å²) in [6.45, 7) is 0.389. The minimum Gasteiger partial charge on any atom is -0.330 e. The van der Waals surface area contributed by atoms with Crippen LogP contribution in [0.3, 0.4) is 0 Å². The zero-order valence-electron chi connectivity index (χ0n) is 8.40. The van der Waals surface area contributed by atoms with Gasteiger partial charge in [-0.1, -0.05) is 0 Å². The molecule has 0 aliphatic rings. The van der Waals surface area contributed by atoms with Crippen LogP contribution in [0, 0.1) is 11.6 Å². The maximum absolute atomic E-state index is 13.3. The summed E-state index contributed by atoms with van der Waals surface area (Å²) in [5.41, 5.74) is 5.18. The quantitative estimate of drug-likeness (QED) is 0.895. The number of rotatable bonds is 4. The molecule has 1 amide bonds. The predicted octanol–water partition coefficient (Wildman–Crippen LogP) is 2.40. The zero-order chi connectivity index (χ0) is 12.1. The third kappa shape index (κ3) is 3.53. The smallest absolute Gasteiger partial charge is 0.224 e. The van der Waals surface area contributed by atoms with Gasteiger partial charge in [0.15, 0.2) is 5.82 Å². The van der Waals surface area contributed by atoms with Crippen LogP contribution in [-0.2, 0) is 4.79 Å². The summed E-state index contributed by atoms with van der Waals surface area (Å²) in [5.74, 6) is -1.87. The number of nitrogens with one attached hydrogen (secondary N) is 1. The normalized spacial score (nSPS) is 10.2. The van der Waals surface area contributed by atoms with E-state index in [0.717, 1.165) is 6.07 Å². The Morgan fingerprint density at radius 1 is 1.44 bits per heavy atom. The van der Waals surface area contributed by atoms with Crippen molar-refractivity contribution in [2.45, 2.75) is 12.8 Å². The van der Waals surface area contributed by atoms with Crippen molar-refractivity contribution in [1.29, 1.82) is 0 Å². The number of anilines is 1. The number of amides is 1. The maximum Gasteiger partial charge on any atom is 0.224 e. The van der Waals surface area contributed by atoms with Crippen molar-refractivity contribution in [2.75, 3.05) is 11.9 Å². The molecule has 0 fully saturated rings. The molecule has 0 radical (unpaired) electrons. The van der Waals surface area contributed by atoms with E-state index in [0.29, 0.717) is 19.0 Å². The summed E-state index contributed by atoms with van der Waals surface area (Å²) < 4.78 is 26.2. The van der Waals surface area contributed by atoms with Gasteiger partial charge in [-0.2, -0.15) is 0 Å². The van der Waals surface area contributed by atoms with Crippen LogP contribution < -0.4 is 11.1 Å². The SMILES string of the molecule is NCCCC(=O)Nc1c(F)cc(F)cc1Br. The molecule has 16 heavy (non-hydrogen) atoms. The van der Waals surface area contributed by atoms with Crippen LogP contribution in [0.15, 0.2) is 16.6 Å². The van der Waals surface area contributed by atoms with E-state index in [2.05, 4.69) is 21.2 Å². The number of nitrogens with two attached hydrogens (primary N) is 1. The van der Waals surface area contributed by atoms with Crippen LogP contribution in [0.2, 0.25) is 0 Å². The number of hydrogen-bond acceptors (Lipinski definition) is 2. The Hall–Kier alpha value is -1.01. The van der Waals surface area contributed by atoms with Gasteiger partial charge in [0.2, 0.25) is 5.91 Å². The highest BCUT2D eigenvalue weighted by Gasteiger charge is 2.12. The molecule has 0 saturated carbocycles. The Morgan fingerprint density at radius 3 is 2.69 bits per heavy atom. The van der Waals surface area contributed by atoms with E-state index in [1.165, 1.54) is 0 Å². The fourth-order valence-corrected chi connectivity index (χ4v) is 1.63. The van der Waals surface area contributed by atoms with E-state index in [1.54, 1.807) is 0 Å². The molecule has 1 aromatic rings. The molecule has 3 nitrogen and oxygen atoms in total. The van der Waals surface area contributed by atoms with E-state index in [-0.39, 0.29) is 22.5 Å². The van der Waals surface area contributed by atoms with Gasteiger partial charge in [0.05, 0.1) is 5.69 Å². The third-order valence-electron chi connectivity index (χ3n) is 1.88. The van der Waals surface area contributed by atoms with E-state index < -0.39 is 11.6 Å². The van der Waals surface area contributed by atoms with Gasteiger partial charge < -0.3 is 11.1 Å². The first-order chi connectivity index (χ1) is 7.54. The molecule has 1 aromatic carbocycles. The topological polar surface area (TPSA) is 55.1 Å². The zero-order valence-corrected chi connectivity index (χ0v) is 9.98. The van der Waals surface area contributed by atoms with E-state index in [9.17, 15) is 13.6 Å². The Bertz CT molecular complexity index is 375. The van der Waals surface area contributed by atoms with E-state index in [4.69, 9.17) is 5.73 Å². The Kier molecular flexibility index (Phi) is 4.82. The molecular weight excluding hydrogens is 282 g/mol. The number of carbonyl (C=O) groups excluding carboxylic acids is 1. The summed E-state index contributed by atoms with van der Waals surface area (Å²) in [7, 11) is 0. The fraction of sp³-hybridized carbons (Fsp3) is 0.300. The van der Waals surface area contributed by atoms with Gasteiger partial charge in [-0.3, -0.25) is 4.79 Å². The molecule has 0 aromatic heterocycles. The molecule has 6 heteroatoms. The first-order valence-electron chi connectivity index (χ1n) is 4.69. The van der Waals surface area contributed by atoms with Gasteiger partial charge in [0.1, 0.15) is 5.82 Å². The van der Waals surface area contributed by atoms with Gasteiger partial charge >= 0.3 is 0 Å². The van der Waals surface area contributed by atoms with Gasteiger partial charge in [-0.25, -0.2) is 8.78 Å². The predicted molar refractivity (Wildman–Crippen MR) is 61.0 cm³/mol. The Balaban J connectivity index is 2.77. The second-order valence-electron chi connectivity index (χ2n) is 3.18. The van der Waals surface area contributed by atoms with Crippen molar-refractivity contribution in [3.05, 3.63) is 28.2 Å². The van der Waals surface area contributed by atoms with Crippen molar-refractivity contribution in [2.24, 2.45) is 5.73 Å². The number of carbonyl (C=O) groups is 1. The fourth-order valence-electron chi connectivity index (χ4n) is 1.13. The van der Waals surface area contributed by atoms with Gasteiger partial charge in [-0.15, -0.1) is 0 Å². The molecule has 0 saturated heterocycles. The first-order valence-corrected chi connectivity index (χ1v) is 5.48. The van der Waals surface area contributed by atoms with Gasteiger partial charge in [0, 0.05) is 17.0 Å². The van der Waals surface area contributed by atoms with Crippen molar-refractivity contribution < 1.29 is 13.6 Å². The van der Waals surface area contributed by atoms with Crippen LogP contribution in [0.1, 0.15) is 12.8 Å². The lowest BCUT2D eigenvalue weighted by Crippen LogP contribution is -2.14. The van der Waals surface area contributed by atoms with Gasteiger partial charge in [0.25, 0.3) is 0 Å². The first kappa shape index (κ1) is 13.1. The van der Waals surface area contributed by atoms with Crippen LogP contribution in [0.5, 0.6) is 0 Å². The molecule has 0 heterocycles. The minimum atomic E-state index is -0.812. The summed E-state index contributed by atoms with van der Waals surface area (Å²) in [6.07, 6.45) is 0.728. The Labute approximate surface area is 100 Å². The van der Waals surface area contributed by atoms with Crippen LogP contribution in [0.4, 0.5) is 14.5 Å². The minimum absolute atomic E-state index is 0.0524. The van der Waals surface area contributed by atoms with Crippen molar-refractivity contribution >= 4 is 27.5 Å². The summed E-state index contributed by atoms with van der Waals surface area (Å²) >= 11 is 2.98. The molecule has 0 spiro atoms. The highest BCUT2D eigenvalue weighted by molar-refractivity contribution is 9.10. The molecule has 1 rings (SSSR count). The highest BCUT2D eigenvalue weighted by atomic mass is 79.9. The van der Waals surface area contributed by atoms with E-state index in [1.807, 2.05) is 0 Å². The van der Waals surface area contributed by atoms with Crippen molar-refractivity contribution in [3.63, 3.8) is 0 Å². The summed E-state index contributed by atoms with van der Waals surface area (Å²) in [6, 6.07) is 1.80. The lowest BCUT2D eigenvalue weighted by atomic mass is 10.2. The molecule has 88 valence electrons. The average molecular weight is 293 g/mol. The summed E-state index contributed by atoms with van der Waals surface area (Å²) in [4.78, 5) is 11.3. The van der Waals surface area contributed by atoms with Gasteiger partial charge in [-0.05, 0) is 35.0 Å². The van der Waals surface area contributed by atoms with E-state index >= 15 is 0 Å². The third-order valence-corrected chi connectivity index (χ3v) is 2.50. The van der Waals surface area contributed by atoms with Crippen LogP contribution in [-0.4, -0.2) is 12.5 Å². The van der Waals surface area contributed by atoms with Crippen LogP contribution >= 0.6 is 15.9 Å². The number of hydrogen-bond donors (Lipinski definition) is 2. The largest absolute Gasteiger partial charge is 0.330 e. The number of benzene rings is 1. The Morgan fingerprint density at radius 2 is 2.12 bits per heavy atom.